The second-order valence-corrected chi connectivity index (χ2v) is 11.0. The molecule has 0 atom stereocenters. The lowest BCUT2D eigenvalue weighted by Crippen LogP contribution is -2.17. The van der Waals surface area contributed by atoms with Crippen LogP contribution in [-0.2, 0) is 6.61 Å². The molecule has 1 aromatic heterocycles. The Labute approximate surface area is 270 Å². The molecule has 5 aromatic carbocycles. The van der Waals surface area contributed by atoms with Crippen molar-refractivity contribution in [2.24, 2.45) is 5.10 Å². The summed E-state index contributed by atoms with van der Waals surface area (Å²) in [5.74, 6) is 0.324. The first-order valence-electron chi connectivity index (χ1n) is 14.3. The molecule has 0 saturated heterocycles. The number of halogens is 1. The van der Waals surface area contributed by atoms with E-state index in [-0.39, 0.29) is 12.5 Å². The third-order valence-electron chi connectivity index (χ3n) is 7.26. The molecule has 6 rings (SSSR count). The van der Waals surface area contributed by atoms with E-state index >= 15 is 0 Å². The van der Waals surface area contributed by atoms with Crippen molar-refractivity contribution < 1.29 is 9.53 Å². The molecule has 1 amide bonds. The predicted molar refractivity (Wildman–Crippen MR) is 181 cm³/mol. The smallest absolute Gasteiger partial charge is 0.271 e. The number of nitrogens with one attached hydrogen (secondary N) is 1. The van der Waals surface area contributed by atoms with Gasteiger partial charge in [0.15, 0.2) is 0 Å². The van der Waals surface area contributed by atoms with Crippen molar-refractivity contribution in [1.29, 1.82) is 5.26 Å². The third-order valence-corrected chi connectivity index (χ3v) is 7.88. The fraction of sp³-hybridized carbons (Fsp3) is 0.0263. The van der Waals surface area contributed by atoms with Gasteiger partial charge in [-0.05, 0) is 93.3 Å². The molecule has 6 aromatic rings. The molecule has 0 spiro atoms. The van der Waals surface area contributed by atoms with E-state index in [1.807, 2.05) is 84.9 Å². The number of benzene rings is 5. The highest BCUT2D eigenvalue weighted by Crippen LogP contribution is 2.32. The van der Waals surface area contributed by atoms with E-state index in [0.717, 1.165) is 43.8 Å². The summed E-state index contributed by atoms with van der Waals surface area (Å²) in [5, 5.41) is 13.4. The Morgan fingerprint density at radius 1 is 0.800 bits per heavy atom. The van der Waals surface area contributed by atoms with Crippen molar-refractivity contribution in [2.75, 3.05) is 0 Å². The maximum Gasteiger partial charge on any atom is 0.271 e. The van der Waals surface area contributed by atoms with Crippen LogP contribution in [0.3, 0.4) is 0 Å². The van der Waals surface area contributed by atoms with Crippen LogP contribution < -0.4 is 10.2 Å². The molecule has 0 fully saturated rings. The average Bonchev–Trinajstić information content (AvgIpc) is 3.54. The van der Waals surface area contributed by atoms with Gasteiger partial charge in [0.25, 0.3) is 5.91 Å². The summed E-state index contributed by atoms with van der Waals surface area (Å²) in [4.78, 5) is 12.9. The summed E-state index contributed by atoms with van der Waals surface area (Å²) in [7, 11) is 0. The van der Waals surface area contributed by atoms with Crippen molar-refractivity contribution in [3.63, 3.8) is 0 Å². The van der Waals surface area contributed by atoms with Crippen LogP contribution in [-0.4, -0.2) is 16.7 Å². The molecule has 0 aliphatic carbocycles. The number of carbonyl (C=O) groups is 1. The largest absolute Gasteiger partial charge is 0.488 e. The molecule has 7 heteroatoms. The van der Waals surface area contributed by atoms with E-state index in [4.69, 9.17) is 4.74 Å². The number of rotatable bonds is 9. The second kappa shape index (κ2) is 13.7. The minimum Gasteiger partial charge on any atom is -0.488 e. The first-order chi connectivity index (χ1) is 22.1. The molecule has 6 nitrogen and oxygen atoms in total. The average molecular weight is 652 g/mol. The van der Waals surface area contributed by atoms with Crippen LogP contribution in [0.2, 0.25) is 0 Å². The van der Waals surface area contributed by atoms with Crippen molar-refractivity contribution in [3.05, 3.63) is 166 Å². The lowest BCUT2D eigenvalue weighted by Gasteiger charge is -2.15. The SMILES string of the molecule is N#Cc1ccccc1COc1ccc(/C=N\NC(=O)c2ccc(-n3c(-c4ccccc4)ccc3-c3ccccc3)cc2)cc1Br. The molecular formula is C38H27BrN4O2. The number of hydrogen-bond donors (Lipinski definition) is 1. The molecule has 0 unspecified atom stereocenters. The van der Waals surface area contributed by atoms with Crippen molar-refractivity contribution in [2.45, 2.75) is 6.61 Å². The Bertz CT molecular complexity index is 1950. The Balaban J connectivity index is 1.14. The number of carbonyl (C=O) groups excluding carboxylic acids is 1. The van der Waals surface area contributed by atoms with Gasteiger partial charge in [0, 0.05) is 16.8 Å². The Hall–Kier alpha value is -5.71. The number of aromatic nitrogens is 1. The summed E-state index contributed by atoms with van der Waals surface area (Å²) in [5.41, 5.74) is 10.6. The minimum atomic E-state index is -0.313. The van der Waals surface area contributed by atoms with Crippen LogP contribution in [0.5, 0.6) is 5.75 Å². The molecular weight excluding hydrogens is 624 g/mol. The Kier molecular flexibility index (Phi) is 8.95. The summed E-state index contributed by atoms with van der Waals surface area (Å²) in [6.45, 7) is 0.274. The zero-order valence-electron chi connectivity index (χ0n) is 24.1. The number of hydrogen-bond acceptors (Lipinski definition) is 4. The van der Waals surface area contributed by atoms with Crippen molar-refractivity contribution in [1.82, 2.24) is 9.99 Å². The number of amides is 1. The minimum absolute atomic E-state index is 0.274. The molecule has 0 aliphatic heterocycles. The second-order valence-electron chi connectivity index (χ2n) is 10.2. The monoisotopic (exact) mass is 650 g/mol. The standard InChI is InChI=1S/C38H27BrN4O2/c39-34-23-27(15-22-37(34)45-26-32-14-8-7-13-31(32)24-40)25-41-42-38(44)30-16-18-33(19-17-30)43-35(28-9-3-1-4-10-28)20-21-36(43)29-11-5-2-6-12-29/h1-23,25H,26H2,(H,42,44)/b41-25-. The van der Waals surface area contributed by atoms with Crippen molar-refractivity contribution in [3.8, 4) is 40.0 Å². The van der Waals surface area contributed by atoms with Crippen LogP contribution >= 0.6 is 15.9 Å². The lowest BCUT2D eigenvalue weighted by atomic mass is 10.1. The van der Waals surface area contributed by atoms with Gasteiger partial charge in [-0.2, -0.15) is 10.4 Å². The fourth-order valence-corrected chi connectivity index (χ4v) is 5.51. The van der Waals surface area contributed by atoms with Gasteiger partial charge in [-0.3, -0.25) is 4.79 Å². The van der Waals surface area contributed by atoms with Gasteiger partial charge in [0.2, 0.25) is 0 Å². The highest BCUT2D eigenvalue weighted by Gasteiger charge is 2.14. The van der Waals surface area contributed by atoms with E-state index in [1.54, 1.807) is 24.4 Å². The predicted octanol–water partition coefficient (Wildman–Crippen LogP) is 8.79. The molecule has 45 heavy (non-hydrogen) atoms. The molecule has 0 aliphatic rings. The van der Waals surface area contributed by atoms with Crippen LogP contribution in [0.25, 0.3) is 28.2 Å². The number of hydrazone groups is 1. The number of nitriles is 1. The summed E-state index contributed by atoms with van der Waals surface area (Å²) >= 11 is 3.54. The fourth-order valence-electron chi connectivity index (χ4n) is 5.00. The van der Waals surface area contributed by atoms with Gasteiger partial charge < -0.3 is 9.30 Å². The van der Waals surface area contributed by atoms with Gasteiger partial charge >= 0.3 is 0 Å². The molecule has 1 heterocycles. The van der Waals surface area contributed by atoms with E-state index in [0.29, 0.717) is 16.9 Å². The third kappa shape index (κ3) is 6.77. The topological polar surface area (TPSA) is 79.4 Å². The number of ether oxygens (including phenoxy) is 1. The first kappa shape index (κ1) is 29.4. The van der Waals surface area contributed by atoms with E-state index in [1.165, 1.54) is 0 Å². The van der Waals surface area contributed by atoms with Gasteiger partial charge in [-0.25, -0.2) is 5.43 Å². The maximum absolute atomic E-state index is 12.9. The van der Waals surface area contributed by atoms with Gasteiger partial charge in [-0.1, -0.05) is 78.9 Å². The van der Waals surface area contributed by atoms with Crippen LogP contribution in [0.15, 0.2) is 149 Å². The van der Waals surface area contributed by atoms with Gasteiger partial charge in [-0.15, -0.1) is 0 Å². The first-order valence-corrected chi connectivity index (χ1v) is 15.1. The van der Waals surface area contributed by atoms with Crippen LogP contribution in [0.1, 0.15) is 27.0 Å². The maximum atomic E-state index is 12.9. The quantitative estimate of drug-likeness (QED) is 0.125. The van der Waals surface area contributed by atoms with Gasteiger partial charge in [0.1, 0.15) is 12.4 Å². The molecule has 0 bridgehead atoms. The molecule has 0 saturated carbocycles. The normalized spacial score (nSPS) is 10.8. The highest BCUT2D eigenvalue weighted by molar-refractivity contribution is 9.10. The van der Waals surface area contributed by atoms with E-state index in [9.17, 15) is 10.1 Å². The molecule has 0 radical (unpaired) electrons. The van der Waals surface area contributed by atoms with Crippen molar-refractivity contribution >= 4 is 28.1 Å². The number of nitrogens with zero attached hydrogens (tertiary/aromatic N) is 3. The Morgan fingerprint density at radius 2 is 1.42 bits per heavy atom. The summed E-state index contributed by atoms with van der Waals surface area (Å²) < 4.78 is 8.85. The van der Waals surface area contributed by atoms with E-state index < -0.39 is 0 Å². The lowest BCUT2D eigenvalue weighted by molar-refractivity contribution is 0.0955. The molecule has 1 N–H and O–H groups in total. The highest BCUT2D eigenvalue weighted by atomic mass is 79.9. The van der Waals surface area contributed by atoms with Crippen LogP contribution in [0.4, 0.5) is 0 Å². The zero-order valence-corrected chi connectivity index (χ0v) is 25.7. The Morgan fingerprint density at radius 3 is 2.04 bits per heavy atom. The van der Waals surface area contributed by atoms with Crippen LogP contribution in [0, 0.1) is 11.3 Å². The zero-order chi connectivity index (χ0) is 31.0. The van der Waals surface area contributed by atoms with E-state index in [2.05, 4.69) is 73.5 Å². The summed E-state index contributed by atoms with van der Waals surface area (Å²) in [6.07, 6.45) is 1.57. The summed E-state index contributed by atoms with van der Waals surface area (Å²) in [6, 6.07) is 47.3. The van der Waals surface area contributed by atoms with Gasteiger partial charge in [0.05, 0.1) is 33.7 Å². The molecule has 218 valence electrons.